The fourth-order valence-electron chi connectivity index (χ4n) is 1.39. The normalized spacial score (nSPS) is 13.8. The zero-order valence-electron chi connectivity index (χ0n) is 9.11. The second-order valence-corrected chi connectivity index (χ2v) is 4.55. The van der Waals surface area contributed by atoms with Gasteiger partial charge in [0.15, 0.2) is 0 Å². The molecule has 0 spiro atoms. The highest BCUT2D eigenvalue weighted by Gasteiger charge is 2.26. The zero-order valence-corrected chi connectivity index (χ0v) is 10.6. The smallest absolute Gasteiger partial charge is 0.310 e. The topological polar surface area (TPSA) is 12.0 Å². The Bertz CT molecular complexity index is 379. The van der Waals surface area contributed by atoms with Crippen molar-refractivity contribution >= 4 is 23.2 Å². The van der Waals surface area contributed by atoms with Gasteiger partial charge < -0.3 is 5.32 Å². The van der Waals surface area contributed by atoms with Crippen molar-refractivity contribution in [2.75, 3.05) is 6.54 Å². The third-order valence-electron chi connectivity index (χ3n) is 2.28. The molecule has 0 radical (unpaired) electrons. The molecule has 0 fully saturated rings. The molecule has 0 heterocycles. The largest absolute Gasteiger partial charge is 0.390 e. The highest BCUT2D eigenvalue weighted by atomic mass is 35.5. The maximum atomic E-state index is 12.0. The molecule has 0 aliphatic rings. The quantitative estimate of drug-likeness (QED) is 0.853. The minimum absolute atomic E-state index is 0.145. The average molecular weight is 286 g/mol. The Morgan fingerprint density at radius 1 is 1.29 bits per heavy atom. The number of nitrogens with one attached hydrogen (secondary N) is 1. The molecule has 1 aromatic rings. The maximum absolute atomic E-state index is 12.0. The molecule has 1 rings (SSSR count). The summed E-state index contributed by atoms with van der Waals surface area (Å²) in [4.78, 5) is 0. The van der Waals surface area contributed by atoms with E-state index in [0.29, 0.717) is 15.6 Å². The molecule has 1 nitrogen and oxygen atoms in total. The highest BCUT2D eigenvalue weighted by molar-refractivity contribution is 6.33. The summed E-state index contributed by atoms with van der Waals surface area (Å²) in [5.41, 5.74) is 0.696. The van der Waals surface area contributed by atoms with Crippen LogP contribution in [0.15, 0.2) is 18.2 Å². The Morgan fingerprint density at radius 3 is 2.53 bits per heavy atom. The molecular weight excluding hydrogens is 274 g/mol. The van der Waals surface area contributed by atoms with E-state index in [4.69, 9.17) is 23.2 Å². The molecule has 0 aromatic heterocycles. The summed E-state index contributed by atoms with van der Waals surface area (Å²) in [6.45, 7) is 1.60. The fraction of sp³-hybridized carbons (Fsp3) is 0.455. The van der Waals surface area contributed by atoms with Crippen LogP contribution in [0.3, 0.4) is 0 Å². The number of rotatable bonds is 4. The van der Waals surface area contributed by atoms with Crippen molar-refractivity contribution in [3.8, 4) is 0 Å². The van der Waals surface area contributed by atoms with Crippen LogP contribution in [0, 0.1) is 0 Å². The van der Waals surface area contributed by atoms with Crippen molar-refractivity contribution in [3.05, 3.63) is 33.8 Å². The lowest BCUT2D eigenvalue weighted by Gasteiger charge is -2.16. The monoisotopic (exact) mass is 285 g/mol. The first kappa shape index (κ1) is 14.6. The Morgan fingerprint density at radius 2 is 1.94 bits per heavy atom. The van der Waals surface area contributed by atoms with Gasteiger partial charge in [-0.2, -0.15) is 13.2 Å². The van der Waals surface area contributed by atoms with E-state index >= 15 is 0 Å². The first-order valence-corrected chi connectivity index (χ1v) is 5.80. The lowest BCUT2D eigenvalue weighted by Crippen LogP contribution is -2.24. The molecule has 17 heavy (non-hydrogen) atoms. The van der Waals surface area contributed by atoms with Gasteiger partial charge >= 0.3 is 6.18 Å². The van der Waals surface area contributed by atoms with Crippen LogP contribution in [-0.4, -0.2) is 12.7 Å². The van der Waals surface area contributed by atoms with Crippen molar-refractivity contribution in [2.45, 2.75) is 25.6 Å². The van der Waals surface area contributed by atoms with Gasteiger partial charge in [0.25, 0.3) is 0 Å². The molecule has 1 aromatic carbocycles. The molecule has 0 amide bonds. The molecule has 6 heteroatoms. The van der Waals surface area contributed by atoms with E-state index in [0.717, 1.165) is 0 Å². The van der Waals surface area contributed by atoms with Crippen molar-refractivity contribution in [2.24, 2.45) is 0 Å². The molecule has 0 aliphatic carbocycles. The Labute approximate surface area is 108 Å². The summed E-state index contributed by atoms with van der Waals surface area (Å²) in [7, 11) is 0. The number of alkyl halides is 3. The highest BCUT2D eigenvalue weighted by Crippen LogP contribution is 2.26. The van der Waals surface area contributed by atoms with Crippen LogP contribution >= 0.6 is 23.2 Å². The predicted molar refractivity (Wildman–Crippen MR) is 63.6 cm³/mol. The van der Waals surface area contributed by atoms with Gasteiger partial charge in [-0.15, -0.1) is 0 Å². The number of hydrogen-bond donors (Lipinski definition) is 1. The van der Waals surface area contributed by atoms with E-state index in [1.54, 1.807) is 25.1 Å². The van der Waals surface area contributed by atoms with Crippen LogP contribution < -0.4 is 5.32 Å². The molecule has 96 valence electrons. The van der Waals surface area contributed by atoms with E-state index < -0.39 is 12.6 Å². The van der Waals surface area contributed by atoms with Gasteiger partial charge in [-0.3, -0.25) is 0 Å². The van der Waals surface area contributed by atoms with Crippen LogP contribution in [0.5, 0.6) is 0 Å². The summed E-state index contributed by atoms with van der Waals surface area (Å²) in [5, 5.41) is 3.76. The van der Waals surface area contributed by atoms with Crippen LogP contribution in [-0.2, 0) is 0 Å². The van der Waals surface area contributed by atoms with Crippen LogP contribution in [0.2, 0.25) is 10.0 Å². The number of benzene rings is 1. The number of halogens is 5. The summed E-state index contributed by atoms with van der Waals surface area (Å²) < 4.78 is 35.9. The van der Waals surface area contributed by atoms with Crippen molar-refractivity contribution in [3.63, 3.8) is 0 Å². The van der Waals surface area contributed by atoms with Crippen LogP contribution in [0.25, 0.3) is 0 Å². The second-order valence-electron chi connectivity index (χ2n) is 3.71. The van der Waals surface area contributed by atoms with Gasteiger partial charge in [0, 0.05) is 22.6 Å². The standard InChI is InChI=1S/C11H12Cl2F3N/c1-7(17-5-4-11(14,15)16)9-6-8(12)2-3-10(9)13/h2-3,6-7,17H,4-5H2,1H3. The molecule has 1 unspecified atom stereocenters. The minimum Gasteiger partial charge on any atom is -0.310 e. The third kappa shape index (κ3) is 5.15. The SMILES string of the molecule is CC(NCCC(F)(F)F)c1cc(Cl)ccc1Cl. The summed E-state index contributed by atoms with van der Waals surface area (Å²) in [6, 6.07) is 4.63. The molecule has 1 N–H and O–H groups in total. The first-order chi connectivity index (χ1) is 7.79. The van der Waals surface area contributed by atoms with Gasteiger partial charge in [-0.1, -0.05) is 23.2 Å². The zero-order chi connectivity index (χ0) is 13.1. The van der Waals surface area contributed by atoms with Gasteiger partial charge in [0.2, 0.25) is 0 Å². The molecule has 0 saturated carbocycles. The lowest BCUT2D eigenvalue weighted by atomic mass is 10.1. The maximum Gasteiger partial charge on any atom is 0.390 e. The molecular formula is C11H12Cl2F3N. The fourth-order valence-corrected chi connectivity index (χ4v) is 1.85. The van der Waals surface area contributed by atoms with Crippen LogP contribution in [0.1, 0.15) is 24.9 Å². The lowest BCUT2D eigenvalue weighted by molar-refractivity contribution is -0.133. The minimum atomic E-state index is -4.15. The second kappa shape index (κ2) is 5.94. The molecule has 0 saturated heterocycles. The van der Waals surface area contributed by atoms with E-state index in [1.165, 1.54) is 0 Å². The van der Waals surface area contributed by atoms with Crippen molar-refractivity contribution in [1.29, 1.82) is 0 Å². The molecule has 1 atom stereocenters. The van der Waals surface area contributed by atoms with Crippen LogP contribution in [0.4, 0.5) is 13.2 Å². The van der Waals surface area contributed by atoms with Gasteiger partial charge in [-0.25, -0.2) is 0 Å². The third-order valence-corrected chi connectivity index (χ3v) is 2.86. The van der Waals surface area contributed by atoms with E-state index in [2.05, 4.69) is 5.32 Å². The van der Waals surface area contributed by atoms with E-state index in [-0.39, 0.29) is 12.6 Å². The summed E-state index contributed by atoms with van der Waals surface area (Å²) in [6.07, 6.45) is -5.01. The first-order valence-electron chi connectivity index (χ1n) is 5.04. The van der Waals surface area contributed by atoms with Gasteiger partial charge in [-0.05, 0) is 30.7 Å². The van der Waals surface area contributed by atoms with Gasteiger partial charge in [0.1, 0.15) is 0 Å². The Hall–Kier alpha value is -0.450. The van der Waals surface area contributed by atoms with E-state index in [9.17, 15) is 13.2 Å². The summed E-state index contributed by atoms with van der Waals surface area (Å²) >= 11 is 11.7. The molecule has 0 bridgehead atoms. The van der Waals surface area contributed by atoms with Crippen molar-refractivity contribution in [1.82, 2.24) is 5.32 Å². The molecule has 0 aliphatic heterocycles. The average Bonchev–Trinajstić information content (AvgIpc) is 2.19. The predicted octanol–water partition coefficient (Wildman–Crippen LogP) is 4.60. The van der Waals surface area contributed by atoms with E-state index in [1.807, 2.05) is 0 Å². The Balaban J connectivity index is 2.58. The Kier molecular flexibility index (Phi) is 5.10. The number of hydrogen-bond acceptors (Lipinski definition) is 1. The van der Waals surface area contributed by atoms with Crippen molar-refractivity contribution < 1.29 is 13.2 Å². The van der Waals surface area contributed by atoms with Gasteiger partial charge in [0.05, 0.1) is 6.42 Å². The summed E-state index contributed by atoms with van der Waals surface area (Å²) in [5.74, 6) is 0.